The van der Waals surface area contributed by atoms with Gasteiger partial charge in [0.2, 0.25) is 16.3 Å². The summed E-state index contributed by atoms with van der Waals surface area (Å²) in [6, 6.07) is 7.08. The van der Waals surface area contributed by atoms with Crippen molar-refractivity contribution in [2.75, 3.05) is 5.32 Å². The highest BCUT2D eigenvalue weighted by Crippen LogP contribution is 2.22. The molecular weight excluding hydrogens is 373 g/mol. The molecule has 1 N–H and O–H groups in total. The number of hydrogen-bond donors (Lipinski definition) is 1. The molecule has 9 heteroatoms. The number of aromatic nitrogens is 2. The third-order valence-corrected chi connectivity index (χ3v) is 4.66. The van der Waals surface area contributed by atoms with Crippen molar-refractivity contribution in [3.8, 4) is 5.75 Å². The Balaban J connectivity index is 1.67. The maximum Gasteiger partial charge on any atom is 0.293 e. The number of halogens is 1. The Bertz CT molecular complexity index is 1020. The molecule has 2 aromatic heterocycles. The van der Waals surface area contributed by atoms with Gasteiger partial charge in [-0.05, 0) is 6.07 Å². The highest BCUT2D eigenvalue weighted by molar-refractivity contribution is 7.15. The number of hydrogen-bond acceptors (Lipinski definition) is 7. The van der Waals surface area contributed by atoms with Crippen LogP contribution < -0.4 is 15.5 Å². The molecule has 140 valence electrons. The van der Waals surface area contributed by atoms with Crippen molar-refractivity contribution in [3.63, 3.8) is 0 Å². The average molecular weight is 389 g/mol. The number of nitrogens with one attached hydrogen (secondary N) is 1. The zero-order valence-corrected chi connectivity index (χ0v) is 15.4. The minimum atomic E-state index is -0.626. The molecule has 0 atom stereocenters. The second-order valence-electron chi connectivity index (χ2n) is 5.91. The molecule has 0 bridgehead atoms. The summed E-state index contributed by atoms with van der Waals surface area (Å²) in [5, 5.41) is 11.5. The van der Waals surface area contributed by atoms with Crippen molar-refractivity contribution in [1.82, 2.24) is 10.2 Å². The number of nitrogens with zero attached hydrogens (tertiary/aromatic N) is 2. The maximum absolute atomic E-state index is 13.6. The molecule has 0 unspecified atom stereocenters. The molecule has 0 aliphatic rings. The molecule has 0 aliphatic heterocycles. The van der Waals surface area contributed by atoms with Gasteiger partial charge in [-0.1, -0.05) is 43.4 Å². The molecule has 0 fully saturated rings. The molecule has 3 rings (SSSR count). The Morgan fingerprint density at radius 3 is 2.78 bits per heavy atom. The molecule has 0 spiro atoms. The molecule has 0 saturated heterocycles. The fourth-order valence-electron chi connectivity index (χ4n) is 2.07. The Morgan fingerprint density at radius 1 is 1.33 bits per heavy atom. The predicted octanol–water partition coefficient (Wildman–Crippen LogP) is 3.59. The molecule has 2 heterocycles. The van der Waals surface area contributed by atoms with Gasteiger partial charge in [0.15, 0.2) is 5.76 Å². The Kier molecular flexibility index (Phi) is 5.60. The summed E-state index contributed by atoms with van der Waals surface area (Å²) in [6.45, 7) is 3.79. The summed E-state index contributed by atoms with van der Waals surface area (Å²) in [4.78, 5) is 24.3. The van der Waals surface area contributed by atoms with Gasteiger partial charge in [0.05, 0.1) is 0 Å². The summed E-state index contributed by atoms with van der Waals surface area (Å²) in [5.41, 5.74) is -0.251. The molecule has 3 aromatic rings. The summed E-state index contributed by atoms with van der Waals surface area (Å²) in [5.74, 6) is -1.18. The number of carbonyl (C=O) groups is 1. The van der Waals surface area contributed by atoms with Crippen molar-refractivity contribution < 1.29 is 18.3 Å². The van der Waals surface area contributed by atoms with Crippen LogP contribution in [0.2, 0.25) is 0 Å². The summed E-state index contributed by atoms with van der Waals surface area (Å²) < 4.78 is 24.0. The molecular formula is C18H16FN3O4S. The van der Waals surface area contributed by atoms with Crippen LogP contribution in [-0.2, 0) is 6.61 Å². The Labute approximate surface area is 157 Å². The van der Waals surface area contributed by atoms with E-state index >= 15 is 0 Å². The topological polar surface area (TPSA) is 94.3 Å². The number of benzene rings is 1. The van der Waals surface area contributed by atoms with E-state index in [9.17, 15) is 14.0 Å². The quantitative estimate of drug-likeness (QED) is 0.692. The first-order valence-electron chi connectivity index (χ1n) is 8.08. The molecule has 0 radical (unpaired) electrons. The predicted molar refractivity (Wildman–Crippen MR) is 97.7 cm³/mol. The number of rotatable bonds is 6. The van der Waals surface area contributed by atoms with Gasteiger partial charge in [-0.25, -0.2) is 4.39 Å². The van der Waals surface area contributed by atoms with E-state index in [2.05, 4.69) is 15.5 Å². The van der Waals surface area contributed by atoms with E-state index in [4.69, 9.17) is 9.15 Å². The molecule has 1 aromatic carbocycles. The van der Waals surface area contributed by atoms with Crippen LogP contribution in [0.5, 0.6) is 5.75 Å². The van der Waals surface area contributed by atoms with Gasteiger partial charge in [0.1, 0.15) is 23.7 Å². The largest absolute Gasteiger partial charge is 0.482 e. The highest BCUT2D eigenvalue weighted by atomic mass is 32.1. The monoisotopic (exact) mass is 389 g/mol. The van der Waals surface area contributed by atoms with Gasteiger partial charge in [0.25, 0.3) is 5.91 Å². The van der Waals surface area contributed by atoms with Crippen LogP contribution in [0.15, 0.2) is 45.8 Å². The Morgan fingerprint density at radius 2 is 2.11 bits per heavy atom. The number of anilines is 1. The molecule has 27 heavy (non-hydrogen) atoms. The third-order valence-electron chi connectivity index (χ3n) is 3.52. The van der Waals surface area contributed by atoms with Gasteiger partial charge in [0, 0.05) is 17.5 Å². The van der Waals surface area contributed by atoms with E-state index in [1.165, 1.54) is 17.4 Å². The molecule has 7 nitrogen and oxygen atoms in total. The summed E-state index contributed by atoms with van der Waals surface area (Å²) >= 11 is 1.24. The molecule has 1 amide bonds. The van der Waals surface area contributed by atoms with Crippen molar-refractivity contribution in [2.45, 2.75) is 26.4 Å². The van der Waals surface area contributed by atoms with Crippen molar-refractivity contribution in [2.24, 2.45) is 0 Å². The van der Waals surface area contributed by atoms with Crippen molar-refractivity contribution in [3.05, 3.63) is 69.0 Å². The lowest BCUT2D eigenvalue weighted by molar-refractivity contribution is 0.0993. The zero-order chi connectivity index (χ0) is 19.4. The van der Waals surface area contributed by atoms with Crippen molar-refractivity contribution >= 4 is 22.4 Å². The van der Waals surface area contributed by atoms with E-state index in [1.54, 1.807) is 18.2 Å². The van der Waals surface area contributed by atoms with Crippen LogP contribution in [0, 0.1) is 5.82 Å². The van der Waals surface area contributed by atoms with E-state index < -0.39 is 17.2 Å². The minimum absolute atomic E-state index is 0.118. The maximum atomic E-state index is 13.6. The first-order valence-corrected chi connectivity index (χ1v) is 8.89. The number of amides is 1. The second-order valence-corrected chi connectivity index (χ2v) is 6.92. The summed E-state index contributed by atoms with van der Waals surface area (Å²) in [7, 11) is 0. The fraction of sp³-hybridized carbons (Fsp3) is 0.222. The van der Waals surface area contributed by atoms with Crippen LogP contribution in [0.3, 0.4) is 0 Å². The third kappa shape index (κ3) is 4.56. The van der Waals surface area contributed by atoms with Crippen LogP contribution in [-0.4, -0.2) is 16.1 Å². The lowest BCUT2D eigenvalue weighted by Crippen LogP contribution is -2.15. The number of carbonyl (C=O) groups excluding carboxylic acids is 1. The first-order chi connectivity index (χ1) is 12.9. The Hall–Kier alpha value is -3.07. The molecule has 0 aliphatic carbocycles. The normalized spacial score (nSPS) is 10.8. The van der Waals surface area contributed by atoms with Gasteiger partial charge in [-0.2, -0.15) is 0 Å². The van der Waals surface area contributed by atoms with Gasteiger partial charge >= 0.3 is 0 Å². The highest BCUT2D eigenvalue weighted by Gasteiger charge is 2.16. The van der Waals surface area contributed by atoms with E-state index in [0.717, 1.165) is 17.3 Å². The van der Waals surface area contributed by atoms with Gasteiger partial charge in [-0.3, -0.25) is 14.9 Å². The summed E-state index contributed by atoms with van der Waals surface area (Å²) in [6.07, 6.45) is 1.03. The van der Waals surface area contributed by atoms with Crippen LogP contribution in [0.25, 0.3) is 0 Å². The molecule has 0 saturated carbocycles. The van der Waals surface area contributed by atoms with Gasteiger partial charge in [-0.15, -0.1) is 10.2 Å². The van der Waals surface area contributed by atoms with Crippen molar-refractivity contribution in [1.29, 1.82) is 0 Å². The van der Waals surface area contributed by atoms with E-state index in [1.807, 2.05) is 13.8 Å². The lowest BCUT2D eigenvalue weighted by atomic mass is 10.2. The average Bonchev–Trinajstić information content (AvgIpc) is 3.10. The minimum Gasteiger partial charge on any atom is -0.482 e. The SMILES string of the molecule is CC(C)c1nnc(NC(=O)c2cc(=O)c(OCc3ccccc3F)co2)s1. The van der Waals surface area contributed by atoms with Crippen LogP contribution >= 0.6 is 11.3 Å². The second kappa shape index (κ2) is 8.09. The number of ether oxygens (including phenoxy) is 1. The zero-order valence-electron chi connectivity index (χ0n) is 14.6. The van der Waals surface area contributed by atoms with Gasteiger partial charge < -0.3 is 9.15 Å². The fourth-order valence-corrected chi connectivity index (χ4v) is 2.81. The van der Waals surface area contributed by atoms with Crippen LogP contribution in [0.1, 0.15) is 40.9 Å². The first kappa shape index (κ1) is 18.7. The van der Waals surface area contributed by atoms with E-state index in [-0.39, 0.29) is 24.0 Å². The van der Waals surface area contributed by atoms with Crippen LogP contribution in [0.4, 0.5) is 9.52 Å². The smallest absolute Gasteiger partial charge is 0.293 e. The lowest BCUT2D eigenvalue weighted by Gasteiger charge is -2.06. The standard InChI is InChI=1S/C18H16FN3O4S/c1-10(2)17-21-22-18(27-17)20-16(24)14-7-13(23)15(9-26-14)25-8-11-5-3-4-6-12(11)19/h3-7,9-10H,8H2,1-2H3,(H,20,22,24). The van der Waals surface area contributed by atoms with E-state index in [0.29, 0.717) is 10.7 Å².